The van der Waals surface area contributed by atoms with Crippen LogP contribution in [0.25, 0.3) is 0 Å². The molecule has 0 heterocycles. The molecule has 0 aliphatic carbocycles. The molecule has 0 amide bonds. The molecular weight excluding hydrogens is 246 g/mol. The Morgan fingerprint density at radius 1 is 1.37 bits per heavy atom. The lowest BCUT2D eigenvalue weighted by atomic mass is 10.1. The van der Waals surface area contributed by atoms with E-state index < -0.39 is 10.5 Å². The molecule has 0 saturated carbocycles. The molecule has 0 fully saturated rings. The Hall–Kier alpha value is -2.11. The second-order valence-electron chi connectivity index (χ2n) is 5.40. The highest BCUT2D eigenvalue weighted by Crippen LogP contribution is 2.26. The van der Waals surface area contributed by atoms with Crippen molar-refractivity contribution in [2.24, 2.45) is 0 Å². The van der Waals surface area contributed by atoms with Gasteiger partial charge in [-0.15, -0.1) is 0 Å². The number of benzene rings is 1. The van der Waals surface area contributed by atoms with Crippen molar-refractivity contribution >= 4 is 17.3 Å². The fraction of sp³-hybridized carbons (Fsp3) is 0.462. The molecule has 0 aliphatic heterocycles. The summed E-state index contributed by atoms with van der Waals surface area (Å²) in [4.78, 5) is 12.4. The Morgan fingerprint density at radius 2 is 1.95 bits per heavy atom. The third-order valence-corrected chi connectivity index (χ3v) is 2.35. The molecule has 6 heteroatoms. The van der Waals surface area contributed by atoms with Gasteiger partial charge in [0.2, 0.25) is 5.90 Å². The first-order valence-corrected chi connectivity index (χ1v) is 5.85. The Bertz CT molecular complexity index is 504. The van der Waals surface area contributed by atoms with E-state index in [1.165, 1.54) is 6.07 Å². The normalized spacial score (nSPS) is 11.0. The van der Waals surface area contributed by atoms with Crippen LogP contribution in [0.5, 0.6) is 0 Å². The van der Waals surface area contributed by atoms with E-state index in [9.17, 15) is 10.1 Å². The minimum absolute atomic E-state index is 0.125. The number of rotatable bonds is 3. The maximum Gasteiger partial charge on any atom is 0.284 e. The van der Waals surface area contributed by atoms with E-state index in [1.807, 2.05) is 0 Å². The van der Waals surface area contributed by atoms with Gasteiger partial charge in [0.25, 0.3) is 5.69 Å². The molecule has 0 aromatic heterocycles. The van der Waals surface area contributed by atoms with Crippen molar-refractivity contribution < 1.29 is 9.66 Å². The van der Waals surface area contributed by atoms with Gasteiger partial charge in [0.05, 0.1) is 4.92 Å². The van der Waals surface area contributed by atoms with Crippen LogP contribution in [0.2, 0.25) is 0 Å². The smallest absolute Gasteiger partial charge is 0.284 e. The SMILES string of the molecule is CN(C)c1ccc(C(=N)OC(C)(C)C)c([N+](=O)[O-])c1. The maximum atomic E-state index is 11.1. The van der Waals surface area contributed by atoms with Crippen molar-refractivity contribution in [3.63, 3.8) is 0 Å². The largest absolute Gasteiger partial charge is 0.472 e. The number of ether oxygens (including phenoxy) is 1. The molecule has 1 rings (SSSR count). The molecule has 0 bridgehead atoms. The first kappa shape index (κ1) is 14.9. The van der Waals surface area contributed by atoms with E-state index in [2.05, 4.69) is 0 Å². The zero-order chi connectivity index (χ0) is 14.8. The highest BCUT2D eigenvalue weighted by molar-refractivity contribution is 5.96. The minimum Gasteiger partial charge on any atom is -0.472 e. The molecule has 0 saturated heterocycles. The quantitative estimate of drug-likeness (QED) is 0.394. The summed E-state index contributed by atoms with van der Waals surface area (Å²) >= 11 is 0. The van der Waals surface area contributed by atoms with Crippen LogP contribution in [0, 0.1) is 15.5 Å². The third kappa shape index (κ3) is 3.94. The van der Waals surface area contributed by atoms with Crippen molar-refractivity contribution in [3.8, 4) is 0 Å². The van der Waals surface area contributed by atoms with Crippen LogP contribution >= 0.6 is 0 Å². The van der Waals surface area contributed by atoms with Crippen LogP contribution in [0.15, 0.2) is 18.2 Å². The number of anilines is 1. The van der Waals surface area contributed by atoms with Gasteiger partial charge in [-0.05, 0) is 32.9 Å². The van der Waals surface area contributed by atoms with Gasteiger partial charge in [-0.3, -0.25) is 15.5 Å². The molecule has 1 N–H and O–H groups in total. The summed E-state index contributed by atoms with van der Waals surface area (Å²) in [6.07, 6.45) is 0. The molecule has 0 radical (unpaired) electrons. The maximum absolute atomic E-state index is 11.1. The summed E-state index contributed by atoms with van der Waals surface area (Å²) in [6.45, 7) is 5.38. The van der Waals surface area contributed by atoms with E-state index in [0.717, 1.165) is 0 Å². The van der Waals surface area contributed by atoms with E-state index in [1.54, 1.807) is 51.9 Å². The Labute approximate surface area is 112 Å². The molecule has 1 aromatic carbocycles. The predicted octanol–water partition coefficient (Wildman–Crippen LogP) is 2.80. The van der Waals surface area contributed by atoms with Crippen LogP contribution in [-0.4, -0.2) is 30.5 Å². The molecule has 0 aliphatic rings. The lowest BCUT2D eigenvalue weighted by Gasteiger charge is -2.21. The molecule has 104 valence electrons. The molecule has 0 atom stereocenters. The van der Waals surface area contributed by atoms with Crippen molar-refractivity contribution in [2.45, 2.75) is 26.4 Å². The zero-order valence-corrected chi connectivity index (χ0v) is 11.9. The van der Waals surface area contributed by atoms with Crippen molar-refractivity contribution in [1.82, 2.24) is 0 Å². The monoisotopic (exact) mass is 265 g/mol. The number of hydrogen-bond acceptors (Lipinski definition) is 5. The third-order valence-electron chi connectivity index (χ3n) is 2.35. The van der Waals surface area contributed by atoms with Gasteiger partial charge in [0.1, 0.15) is 11.2 Å². The number of nitro groups is 1. The number of nitrogens with zero attached hydrogens (tertiary/aromatic N) is 2. The number of nitrogens with one attached hydrogen (secondary N) is 1. The van der Waals surface area contributed by atoms with Crippen molar-refractivity contribution in [2.75, 3.05) is 19.0 Å². The van der Waals surface area contributed by atoms with E-state index in [0.29, 0.717) is 5.69 Å². The first-order chi connectivity index (χ1) is 8.61. The van der Waals surface area contributed by atoms with E-state index >= 15 is 0 Å². The number of hydrogen-bond donors (Lipinski definition) is 1. The Balaban J connectivity index is 3.21. The second kappa shape index (κ2) is 5.26. The summed E-state index contributed by atoms with van der Waals surface area (Å²) < 4.78 is 5.38. The lowest BCUT2D eigenvalue weighted by Crippen LogP contribution is -2.24. The van der Waals surface area contributed by atoms with Crippen LogP contribution in [0.4, 0.5) is 11.4 Å². The Kier molecular flexibility index (Phi) is 4.14. The summed E-state index contributed by atoms with van der Waals surface area (Å²) in [5.41, 5.74) is 0.204. The van der Waals surface area contributed by atoms with Crippen molar-refractivity contribution in [1.29, 1.82) is 5.41 Å². The molecule has 6 nitrogen and oxygen atoms in total. The van der Waals surface area contributed by atoms with Gasteiger partial charge in [-0.25, -0.2) is 0 Å². The molecule has 0 unspecified atom stereocenters. The van der Waals surface area contributed by atoms with Gasteiger partial charge in [0, 0.05) is 25.8 Å². The first-order valence-electron chi connectivity index (χ1n) is 5.85. The van der Waals surface area contributed by atoms with Gasteiger partial charge in [-0.1, -0.05) is 0 Å². The molecule has 19 heavy (non-hydrogen) atoms. The van der Waals surface area contributed by atoms with Gasteiger partial charge < -0.3 is 9.64 Å². The van der Waals surface area contributed by atoms with Gasteiger partial charge >= 0.3 is 0 Å². The molecular formula is C13H19N3O3. The fourth-order valence-corrected chi connectivity index (χ4v) is 1.50. The highest BCUT2D eigenvalue weighted by Gasteiger charge is 2.23. The topological polar surface area (TPSA) is 79.5 Å². The van der Waals surface area contributed by atoms with E-state index in [-0.39, 0.29) is 17.1 Å². The minimum atomic E-state index is -0.564. The summed E-state index contributed by atoms with van der Waals surface area (Å²) in [5, 5.41) is 19.0. The lowest BCUT2D eigenvalue weighted by molar-refractivity contribution is -0.385. The summed E-state index contributed by atoms with van der Waals surface area (Å²) in [7, 11) is 3.60. The van der Waals surface area contributed by atoms with Gasteiger partial charge in [0.15, 0.2) is 0 Å². The predicted molar refractivity (Wildman–Crippen MR) is 75.1 cm³/mol. The number of nitro benzene ring substituents is 1. The zero-order valence-electron chi connectivity index (χ0n) is 11.9. The fourth-order valence-electron chi connectivity index (χ4n) is 1.50. The summed E-state index contributed by atoms with van der Waals surface area (Å²) in [5.74, 6) is -0.190. The second-order valence-corrected chi connectivity index (χ2v) is 5.40. The van der Waals surface area contributed by atoms with Crippen molar-refractivity contribution in [3.05, 3.63) is 33.9 Å². The Morgan fingerprint density at radius 3 is 2.37 bits per heavy atom. The summed E-state index contributed by atoms with van der Waals surface area (Å²) in [6, 6.07) is 4.71. The molecule has 0 spiro atoms. The average molecular weight is 265 g/mol. The highest BCUT2D eigenvalue weighted by atomic mass is 16.6. The average Bonchev–Trinajstić information content (AvgIpc) is 2.25. The molecule has 1 aromatic rings. The van der Waals surface area contributed by atoms with Crippen LogP contribution in [0.3, 0.4) is 0 Å². The van der Waals surface area contributed by atoms with Gasteiger partial charge in [-0.2, -0.15) is 0 Å². The van der Waals surface area contributed by atoms with Crippen LogP contribution in [-0.2, 0) is 4.74 Å². The van der Waals surface area contributed by atoms with Crippen LogP contribution < -0.4 is 4.90 Å². The van der Waals surface area contributed by atoms with E-state index in [4.69, 9.17) is 10.1 Å². The standard InChI is InChI=1S/C13H19N3O3/c1-13(2,3)19-12(14)10-7-6-9(15(4)5)8-11(10)16(17)18/h6-8,14H,1-5H3. The van der Waals surface area contributed by atoms with Crippen LogP contribution in [0.1, 0.15) is 26.3 Å².